The smallest absolute Gasteiger partial charge is 0.241 e. The van der Waals surface area contributed by atoms with Crippen LogP contribution in [0.15, 0.2) is 34.8 Å². The fourth-order valence-corrected chi connectivity index (χ4v) is 4.24. The number of rotatable bonds is 7. The summed E-state index contributed by atoms with van der Waals surface area (Å²) in [5, 5.41) is 0. The van der Waals surface area contributed by atoms with Crippen molar-refractivity contribution in [1.82, 2.24) is 0 Å². The van der Waals surface area contributed by atoms with Gasteiger partial charge in [0.1, 0.15) is 0 Å². The van der Waals surface area contributed by atoms with Crippen molar-refractivity contribution in [3.05, 3.63) is 36.0 Å². The van der Waals surface area contributed by atoms with Crippen LogP contribution in [0.5, 0.6) is 0 Å². The lowest BCUT2D eigenvalue weighted by atomic mass is 9.73. The van der Waals surface area contributed by atoms with Gasteiger partial charge in [0.25, 0.3) is 0 Å². The maximum absolute atomic E-state index is 6.24. The molecule has 0 bridgehead atoms. The fourth-order valence-electron chi connectivity index (χ4n) is 3.29. The number of hydrogen-bond donors (Lipinski definition) is 0. The standard InChI is InChI=1S/C18H30O2Si/c1-15(2)18(10-6-7-16-9-12-19-14-16)11-8-17(13-18)20-21(3,4)5/h9,12-15H,6-8,10-11H2,1-5H3/t18-/m1/s1. The van der Waals surface area contributed by atoms with E-state index in [2.05, 4.69) is 45.6 Å². The summed E-state index contributed by atoms with van der Waals surface area (Å²) in [6.45, 7) is 11.5. The SMILES string of the molecule is CC(C)[C@@]1(CCCc2ccoc2)C=C(O[Si](C)(C)C)CC1. The zero-order valence-electron chi connectivity index (χ0n) is 14.2. The van der Waals surface area contributed by atoms with Crippen molar-refractivity contribution >= 4 is 8.32 Å². The summed E-state index contributed by atoms with van der Waals surface area (Å²) in [7, 11) is -1.48. The molecule has 0 aromatic carbocycles. The van der Waals surface area contributed by atoms with Crippen LogP contribution in [0.4, 0.5) is 0 Å². The molecule has 0 saturated heterocycles. The highest BCUT2D eigenvalue weighted by Gasteiger charge is 2.37. The van der Waals surface area contributed by atoms with E-state index in [-0.39, 0.29) is 0 Å². The van der Waals surface area contributed by atoms with Crippen LogP contribution in [-0.2, 0) is 10.8 Å². The summed E-state index contributed by atoms with van der Waals surface area (Å²) >= 11 is 0. The van der Waals surface area contributed by atoms with Crippen molar-refractivity contribution in [2.24, 2.45) is 11.3 Å². The van der Waals surface area contributed by atoms with E-state index in [0.29, 0.717) is 11.3 Å². The maximum Gasteiger partial charge on any atom is 0.241 e. The summed E-state index contributed by atoms with van der Waals surface area (Å²) in [6, 6.07) is 2.08. The summed E-state index contributed by atoms with van der Waals surface area (Å²) in [6.07, 6.45) is 12.0. The normalized spacial score (nSPS) is 22.7. The average molecular weight is 307 g/mol. The molecular formula is C18H30O2Si. The third-order valence-electron chi connectivity index (χ3n) is 4.56. The first kappa shape index (κ1) is 16.4. The van der Waals surface area contributed by atoms with E-state index in [0.717, 1.165) is 12.8 Å². The Hall–Kier alpha value is -0.963. The molecule has 0 amide bonds. The molecule has 1 atom stereocenters. The van der Waals surface area contributed by atoms with E-state index in [4.69, 9.17) is 8.84 Å². The van der Waals surface area contributed by atoms with Gasteiger partial charge < -0.3 is 8.84 Å². The van der Waals surface area contributed by atoms with E-state index in [1.54, 1.807) is 6.26 Å². The fraction of sp³-hybridized carbons (Fsp3) is 0.667. The van der Waals surface area contributed by atoms with Gasteiger partial charge in [0, 0.05) is 6.42 Å². The predicted molar refractivity (Wildman–Crippen MR) is 90.7 cm³/mol. The van der Waals surface area contributed by atoms with Crippen LogP contribution in [0.25, 0.3) is 0 Å². The Kier molecular flexibility index (Phi) is 5.02. The van der Waals surface area contributed by atoms with Crippen molar-refractivity contribution < 1.29 is 8.84 Å². The van der Waals surface area contributed by atoms with Gasteiger partial charge in [-0.2, -0.15) is 0 Å². The number of allylic oxidation sites excluding steroid dienone is 2. The van der Waals surface area contributed by atoms with Crippen molar-refractivity contribution in [2.75, 3.05) is 0 Å². The van der Waals surface area contributed by atoms with Gasteiger partial charge in [-0.05, 0) is 74.4 Å². The van der Waals surface area contributed by atoms with Crippen LogP contribution in [0.3, 0.4) is 0 Å². The number of hydrogen-bond acceptors (Lipinski definition) is 2. The zero-order valence-corrected chi connectivity index (χ0v) is 15.2. The molecule has 2 rings (SSSR count). The van der Waals surface area contributed by atoms with Gasteiger partial charge in [-0.25, -0.2) is 0 Å². The van der Waals surface area contributed by atoms with Gasteiger partial charge in [-0.3, -0.25) is 0 Å². The van der Waals surface area contributed by atoms with Crippen LogP contribution in [0.2, 0.25) is 19.6 Å². The third kappa shape index (κ3) is 4.50. The second-order valence-corrected chi connectivity index (χ2v) is 12.1. The Bertz CT molecular complexity index is 468. The Labute approximate surface area is 130 Å². The third-order valence-corrected chi connectivity index (χ3v) is 5.43. The largest absolute Gasteiger partial charge is 0.548 e. The molecule has 2 nitrogen and oxygen atoms in total. The minimum atomic E-state index is -1.48. The average Bonchev–Trinajstić information content (AvgIpc) is 2.98. The molecule has 1 aliphatic carbocycles. The van der Waals surface area contributed by atoms with Crippen molar-refractivity contribution in [1.29, 1.82) is 0 Å². The molecule has 3 heteroatoms. The highest BCUT2D eigenvalue weighted by Crippen LogP contribution is 2.46. The Balaban J connectivity index is 1.97. The van der Waals surface area contributed by atoms with Crippen LogP contribution < -0.4 is 0 Å². The first-order chi connectivity index (χ1) is 9.81. The molecule has 118 valence electrons. The molecule has 0 unspecified atom stereocenters. The molecular weight excluding hydrogens is 276 g/mol. The highest BCUT2D eigenvalue weighted by atomic mass is 28.4. The van der Waals surface area contributed by atoms with Crippen LogP contribution in [0.1, 0.15) is 45.1 Å². The Morgan fingerprint density at radius 1 is 1.33 bits per heavy atom. The molecule has 1 aliphatic rings. The topological polar surface area (TPSA) is 22.4 Å². The molecule has 1 heterocycles. The predicted octanol–water partition coefficient (Wildman–Crippen LogP) is 5.77. The maximum atomic E-state index is 6.24. The molecule has 1 aromatic heterocycles. The second kappa shape index (κ2) is 6.43. The van der Waals surface area contributed by atoms with Gasteiger partial charge in [0.15, 0.2) is 0 Å². The first-order valence-electron chi connectivity index (χ1n) is 8.23. The van der Waals surface area contributed by atoms with Gasteiger partial charge in [-0.1, -0.05) is 13.8 Å². The summed E-state index contributed by atoms with van der Waals surface area (Å²) in [5.74, 6) is 1.93. The Morgan fingerprint density at radius 3 is 2.67 bits per heavy atom. The molecule has 0 N–H and O–H groups in total. The van der Waals surface area contributed by atoms with E-state index < -0.39 is 8.32 Å². The molecule has 0 radical (unpaired) electrons. The van der Waals surface area contributed by atoms with Crippen LogP contribution >= 0.6 is 0 Å². The van der Waals surface area contributed by atoms with Gasteiger partial charge in [-0.15, -0.1) is 0 Å². The lowest BCUT2D eigenvalue weighted by molar-refractivity contribution is 0.234. The van der Waals surface area contributed by atoms with Crippen molar-refractivity contribution in [3.63, 3.8) is 0 Å². The highest BCUT2D eigenvalue weighted by molar-refractivity contribution is 6.70. The molecule has 1 aromatic rings. The quantitative estimate of drug-likeness (QED) is 0.596. The van der Waals surface area contributed by atoms with E-state index >= 15 is 0 Å². The molecule has 0 aliphatic heterocycles. The van der Waals surface area contributed by atoms with Gasteiger partial charge >= 0.3 is 0 Å². The number of furan rings is 1. The van der Waals surface area contributed by atoms with Crippen LogP contribution in [-0.4, -0.2) is 8.32 Å². The zero-order chi connectivity index (χ0) is 15.5. The summed E-state index contributed by atoms with van der Waals surface area (Å²) < 4.78 is 11.4. The van der Waals surface area contributed by atoms with E-state index in [1.165, 1.54) is 30.6 Å². The first-order valence-corrected chi connectivity index (χ1v) is 11.6. The van der Waals surface area contributed by atoms with Crippen LogP contribution in [0, 0.1) is 11.3 Å². The second-order valence-electron chi connectivity index (χ2n) is 7.70. The van der Waals surface area contributed by atoms with Gasteiger partial charge in [0.05, 0.1) is 18.3 Å². The summed E-state index contributed by atoms with van der Waals surface area (Å²) in [5.41, 5.74) is 1.65. The van der Waals surface area contributed by atoms with E-state index in [1.807, 2.05) is 6.26 Å². The van der Waals surface area contributed by atoms with Gasteiger partial charge in [0.2, 0.25) is 8.32 Å². The van der Waals surface area contributed by atoms with E-state index in [9.17, 15) is 0 Å². The summed E-state index contributed by atoms with van der Waals surface area (Å²) in [4.78, 5) is 0. The minimum absolute atomic E-state index is 0.332. The molecule has 0 spiro atoms. The molecule has 0 saturated carbocycles. The molecule has 21 heavy (non-hydrogen) atoms. The lowest BCUT2D eigenvalue weighted by Crippen LogP contribution is -2.24. The molecule has 0 fully saturated rings. The minimum Gasteiger partial charge on any atom is -0.548 e. The monoisotopic (exact) mass is 306 g/mol. The number of aryl methyl sites for hydroxylation is 1. The lowest BCUT2D eigenvalue weighted by Gasteiger charge is -2.31. The van der Waals surface area contributed by atoms with Crippen molar-refractivity contribution in [2.45, 2.75) is 65.6 Å². The van der Waals surface area contributed by atoms with Crippen molar-refractivity contribution in [3.8, 4) is 0 Å². The Morgan fingerprint density at radius 2 is 2.10 bits per heavy atom.